The lowest BCUT2D eigenvalue weighted by atomic mass is 10.1. The lowest BCUT2D eigenvalue weighted by molar-refractivity contribution is -0.124. The minimum absolute atomic E-state index is 0.0315. The Balaban J connectivity index is 4.75. The van der Waals surface area contributed by atoms with Crippen LogP contribution in [0.4, 0.5) is 0 Å². The van der Waals surface area contributed by atoms with Crippen molar-refractivity contribution in [2.75, 3.05) is 19.8 Å². The number of nitrogens with one attached hydrogen (secondary N) is 1. The summed E-state index contributed by atoms with van der Waals surface area (Å²) in [7, 11) is -4.41. The second kappa shape index (κ2) is 29.8. The Morgan fingerprint density at radius 2 is 1.39 bits per heavy atom. The summed E-state index contributed by atoms with van der Waals surface area (Å²) >= 11 is 0. The SMILES string of the molecule is CCC/C=C/CC/C=C/CC/C=C/C(O)C(COP(=O)(O)OCCN)NC(=O)CC(O)/C=C\C/C=C\CCCCCCCC. The van der Waals surface area contributed by atoms with Gasteiger partial charge >= 0.3 is 7.82 Å². The first-order valence-electron chi connectivity index (χ1n) is 16.5. The number of nitrogens with two attached hydrogens (primary N) is 1. The van der Waals surface area contributed by atoms with E-state index in [0.29, 0.717) is 12.8 Å². The number of aliphatic hydroxyl groups excluding tert-OH is 2. The van der Waals surface area contributed by atoms with Crippen molar-refractivity contribution in [3.63, 3.8) is 0 Å². The van der Waals surface area contributed by atoms with Crippen LogP contribution in [-0.4, -0.2) is 59.0 Å². The Morgan fingerprint density at radius 1 is 0.773 bits per heavy atom. The van der Waals surface area contributed by atoms with Gasteiger partial charge in [-0.3, -0.25) is 13.8 Å². The first kappa shape index (κ1) is 42.2. The van der Waals surface area contributed by atoms with E-state index < -0.39 is 38.6 Å². The number of aliphatic hydroxyl groups is 2. The van der Waals surface area contributed by atoms with Crippen LogP contribution in [0.3, 0.4) is 0 Å². The van der Waals surface area contributed by atoms with Crippen molar-refractivity contribution >= 4 is 13.7 Å². The van der Waals surface area contributed by atoms with Crippen LogP contribution in [0.2, 0.25) is 0 Å². The lowest BCUT2D eigenvalue weighted by Crippen LogP contribution is -2.46. The third-order valence-corrected chi connectivity index (χ3v) is 7.57. The molecular formula is C34H61N2O7P. The third kappa shape index (κ3) is 27.7. The number of unbranched alkanes of at least 4 members (excludes halogenated alkanes) is 9. The van der Waals surface area contributed by atoms with E-state index in [9.17, 15) is 24.5 Å². The summed E-state index contributed by atoms with van der Waals surface area (Å²) in [5.41, 5.74) is 5.31. The molecule has 0 rings (SSSR count). The predicted octanol–water partition coefficient (Wildman–Crippen LogP) is 6.96. The normalized spacial score (nSPS) is 16.0. The Labute approximate surface area is 267 Å². The maximum atomic E-state index is 12.6. The molecule has 1 amide bonds. The Morgan fingerprint density at radius 3 is 2.05 bits per heavy atom. The molecule has 0 saturated carbocycles. The quantitative estimate of drug-likeness (QED) is 0.0334. The van der Waals surface area contributed by atoms with Crippen LogP contribution < -0.4 is 11.1 Å². The fourth-order valence-electron chi connectivity index (χ4n) is 4.09. The highest BCUT2D eigenvalue weighted by Gasteiger charge is 2.27. The second-order valence-corrected chi connectivity index (χ2v) is 12.3. The molecule has 0 radical (unpaired) electrons. The number of rotatable bonds is 29. The molecule has 0 spiro atoms. The molecule has 0 aromatic heterocycles. The van der Waals surface area contributed by atoms with Gasteiger partial charge in [-0.15, -0.1) is 0 Å². The monoisotopic (exact) mass is 640 g/mol. The Bertz CT molecular complexity index is 889. The molecule has 254 valence electrons. The zero-order valence-electron chi connectivity index (χ0n) is 27.2. The van der Waals surface area contributed by atoms with Crippen LogP contribution >= 0.6 is 7.82 Å². The second-order valence-electron chi connectivity index (χ2n) is 10.8. The molecule has 4 atom stereocenters. The molecule has 44 heavy (non-hydrogen) atoms. The molecule has 9 nitrogen and oxygen atoms in total. The summed E-state index contributed by atoms with van der Waals surface area (Å²) < 4.78 is 21.8. The highest BCUT2D eigenvalue weighted by molar-refractivity contribution is 7.47. The highest BCUT2D eigenvalue weighted by Crippen LogP contribution is 2.43. The Kier molecular flexibility index (Phi) is 28.6. The zero-order valence-corrected chi connectivity index (χ0v) is 28.1. The molecule has 0 aromatic carbocycles. The number of hydrogen-bond donors (Lipinski definition) is 5. The average Bonchev–Trinajstić information content (AvgIpc) is 2.99. The van der Waals surface area contributed by atoms with Gasteiger partial charge in [0.1, 0.15) is 0 Å². The maximum absolute atomic E-state index is 12.6. The largest absolute Gasteiger partial charge is 0.472 e. The smallest absolute Gasteiger partial charge is 0.389 e. The van der Waals surface area contributed by atoms with Gasteiger partial charge in [0, 0.05) is 6.54 Å². The van der Waals surface area contributed by atoms with E-state index in [1.54, 1.807) is 12.2 Å². The van der Waals surface area contributed by atoms with E-state index in [-0.39, 0.29) is 19.6 Å². The molecule has 0 aliphatic rings. The van der Waals surface area contributed by atoms with Gasteiger partial charge in [0.05, 0.1) is 37.9 Å². The summed E-state index contributed by atoms with van der Waals surface area (Å²) in [4.78, 5) is 22.5. The molecule has 0 bridgehead atoms. The van der Waals surface area contributed by atoms with Gasteiger partial charge in [-0.05, 0) is 51.4 Å². The van der Waals surface area contributed by atoms with Gasteiger partial charge in [0.25, 0.3) is 0 Å². The van der Waals surface area contributed by atoms with E-state index in [4.69, 9.17) is 14.8 Å². The van der Waals surface area contributed by atoms with Crippen LogP contribution in [0.1, 0.15) is 110 Å². The third-order valence-electron chi connectivity index (χ3n) is 6.59. The number of carbonyl (C=O) groups excluding carboxylic acids is 1. The van der Waals surface area contributed by atoms with E-state index in [0.717, 1.165) is 38.5 Å². The highest BCUT2D eigenvalue weighted by atomic mass is 31.2. The van der Waals surface area contributed by atoms with Gasteiger partial charge in [-0.2, -0.15) is 0 Å². The number of phosphoric acid groups is 1. The molecule has 0 aliphatic carbocycles. The van der Waals surface area contributed by atoms with Gasteiger partial charge < -0.3 is 26.2 Å². The molecule has 4 unspecified atom stereocenters. The number of hydrogen-bond acceptors (Lipinski definition) is 7. The predicted molar refractivity (Wildman–Crippen MR) is 181 cm³/mol. The zero-order chi connectivity index (χ0) is 32.7. The summed E-state index contributed by atoms with van der Waals surface area (Å²) in [5, 5.41) is 23.6. The molecule has 0 fully saturated rings. The lowest BCUT2D eigenvalue weighted by Gasteiger charge is -2.23. The fraction of sp³-hybridized carbons (Fsp3) is 0.676. The van der Waals surface area contributed by atoms with Crippen LogP contribution in [0.25, 0.3) is 0 Å². The van der Waals surface area contributed by atoms with Crippen molar-refractivity contribution in [1.29, 1.82) is 0 Å². The van der Waals surface area contributed by atoms with E-state index in [2.05, 4.69) is 49.5 Å². The van der Waals surface area contributed by atoms with Crippen molar-refractivity contribution in [2.24, 2.45) is 5.73 Å². The summed E-state index contributed by atoms with van der Waals surface area (Å²) in [6.45, 7) is 3.75. The maximum Gasteiger partial charge on any atom is 0.472 e. The van der Waals surface area contributed by atoms with Gasteiger partial charge in [-0.25, -0.2) is 4.57 Å². The van der Waals surface area contributed by atoms with Crippen molar-refractivity contribution in [3.05, 3.63) is 60.8 Å². The molecular weight excluding hydrogens is 579 g/mol. The van der Waals surface area contributed by atoms with Crippen molar-refractivity contribution < 1.29 is 33.5 Å². The Hall–Kier alpha value is -1.84. The van der Waals surface area contributed by atoms with E-state index in [1.807, 2.05) is 12.2 Å². The molecule has 0 aromatic rings. The fourth-order valence-corrected chi connectivity index (χ4v) is 4.85. The number of amides is 1. The molecule has 0 heterocycles. The topological polar surface area (TPSA) is 151 Å². The first-order valence-corrected chi connectivity index (χ1v) is 18.0. The summed E-state index contributed by atoms with van der Waals surface area (Å²) in [6.07, 6.45) is 32.0. The van der Waals surface area contributed by atoms with E-state index >= 15 is 0 Å². The average molecular weight is 641 g/mol. The summed E-state index contributed by atoms with van der Waals surface area (Å²) in [5.74, 6) is -0.534. The first-order chi connectivity index (χ1) is 21.3. The summed E-state index contributed by atoms with van der Waals surface area (Å²) in [6, 6.07) is -1.03. The number of phosphoric ester groups is 1. The van der Waals surface area contributed by atoms with Gasteiger partial charge in [0.15, 0.2) is 0 Å². The van der Waals surface area contributed by atoms with Crippen molar-refractivity contribution in [2.45, 2.75) is 128 Å². The standard InChI is InChI=1S/C34H61N2O7P/c1-3-5-7-9-11-13-15-17-19-21-23-25-31(37)29-34(39)36-32(30-43-44(40,41)42-28-27-35)33(38)26-24-22-20-18-16-14-12-10-8-6-4-2/h8,10,16-19,23-26,31-33,37-38H,3-7,9,11-15,20-22,27-30,35H2,1-2H3,(H,36,39)(H,40,41)/b10-8+,18-16+,19-17-,25-23-,26-24+. The molecule has 0 saturated heterocycles. The van der Waals surface area contributed by atoms with Gasteiger partial charge in [-0.1, -0.05) is 113 Å². The van der Waals surface area contributed by atoms with Crippen molar-refractivity contribution in [1.82, 2.24) is 5.32 Å². The van der Waals surface area contributed by atoms with Crippen molar-refractivity contribution in [3.8, 4) is 0 Å². The van der Waals surface area contributed by atoms with E-state index in [1.165, 1.54) is 44.6 Å². The number of carbonyl (C=O) groups is 1. The minimum atomic E-state index is -4.41. The number of allylic oxidation sites excluding steroid dienone is 8. The molecule has 0 aliphatic heterocycles. The molecule has 10 heteroatoms. The van der Waals surface area contributed by atoms with Crippen LogP contribution in [0.5, 0.6) is 0 Å². The van der Waals surface area contributed by atoms with Crippen LogP contribution in [-0.2, 0) is 18.4 Å². The minimum Gasteiger partial charge on any atom is -0.389 e. The van der Waals surface area contributed by atoms with Crippen LogP contribution in [0, 0.1) is 0 Å². The van der Waals surface area contributed by atoms with Gasteiger partial charge in [0.2, 0.25) is 5.91 Å². The van der Waals surface area contributed by atoms with Crippen LogP contribution in [0.15, 0.2) is 60.8 Å². The molecule has 6 N–H and O–H groups in total.